The van der Waals surface area contributed by atoms with Crippen molar-refractivity contribution >= 4 is 12.0 Å². The molecule has 1 aliphatic heterocycles. The molecule has 3 atom stereocenters. The highest BCUT2D eigenvalue weighted by atomic mass is 16.5. The van der Waals surface area contributed by atoms with Crippen LogP contribution in [0.2, 0.25) is 0 Å². The number of methoxy groups -OCH3 is 1. The number of ether oxygens (including phenoxy) is 1. The quantitative estimate of drug-likeness (QED) is 0.685. The predicted octanol–water partition coefficient (Wildman–Crippen LogP) is 3.95. The summed E-state index contributed by atoms with van der Waals surface area (Å²) in [6, 6.07) is 15.9. The van der Waals surface area contributed by atoms with Gasteiger partial charge in [-0.15, -0.1) is 6.58 Å². The van der Waals surface area contributed by atoms with Crippen LogP contribution in [0, 0.1) is 5.92 Å². The minimum absolute atomic E-state index is 0.00939. The first kappa shape index (κ1) is 14.4. The molecule has 112 valence electrons. The van der Waals surface area contributed by atoms with Crippen molar-refractivity contribution in [2.75, 3.05) is 12.4 Å². The normalized spacial score (nSPS) is 23.0. The van der Waals surface area contributed by atoms with E-state index in [-0.39, 0.29) is 17.9 Å². The van der Waals surface area contributed by atoms with Gasteiger partial charge < -0.3 is 14.8 Å². The molecule has 0 saturated heterocycles. The maximum atomic E-state index is 11.7. The van der Waals surface area contributed by atoms with E-state index in [0.717, 1.165) is 28.8 Å². The Morgan fingerprint density at radius 2 is 1.95 bits per heavy atom. The van der Waals surface area contributed by atoms with Gasteiger partial charge in [-0.05, 0) is 17.2 Å². The lowest BCUT2D eigenvalue weighted by Gasteiger charge is -2.37. The molecule has 0 fully saturated rings. The first-order valence-corrected chi connectivity index (χ1v) is 7.35. The average molecular weight is 293 g/mol. The summed E-state index contributed by atoms with van der Waals surface area (Å²) in [7, 11) is 1.65. The molecule has 22 heavy (non-hydrogen) atoms. The van der Waals surface area contributed by atoms with Crippen LogP contribution in [0.1, 0.15) is 23.1 Å². The topological polar surface area (TPSA) is 38.3 Å². The van der Waals surface area contributed by atoms with Gasteiger partial charge in [0.15, 0.2) is 0 Å². The molecule has 0 aromatic heterocycles. The zero-order valence-electron chi connectivity index (χ0n) is 12.5. The Kier molecular flexibility index (Phi) is 3.96. The van der Waals surface area contributed by atoms with E-state index < -0.39 is 0 Å². The van der Waals surface area contributed by atoms with E-state index in [1.54, 1.807) is 7.11 Å². The number of carbonyl (C=O) groups excluding carboxylic acids is 1. The van der Waals surface area contributed by atoms with Gasteiger partial charge in [-0.25, -0.2) is 0 Å². The number of aldehydes is 1. The van der Waals surface area contributed by atoms with Crippen LogP contribution >= 0.6 is 0 Å². The standard InChI is InChI=1S/C19H19NO2/c1-3-15-16-10-9-14(22-2)11-18(16)20-19(17(15)12-21)13-7-5-4-6-8-13/h3-12,15,17,19-20H,1H2,2H3/t15-,17+,19-/m1/s1. The predicted molar refractivity (Wildman–Crippen MR) is 88.3 cm³/mol. The van der Waals surface area contributed by atoms with E-state index in [9.17, 15) is 4.79 Å². The van der Waals surface area contributed by atoms with Crippen molar-refractivity contribution in [1.29, 1.82) is 0 Å². The number of carbonyl (C=O) groups is 1. The second kappa shape index (κ2) is 6.06. The van der Waals surface area contributed by atoms with Gasteiger partial charge in [0.2, 0.25) is 0 Å². The molecule has 0 saturated carbocycles. The number of hydrogen-bond donors (Lipinski definition) is 1. The van der Waals surface area contributed by atoms with Crippen molar-refractivity contribution < 1.29 is 9.53 Å². The summed E-state index contributed by atoms with van der Waals surface area (Å²) >= 11 is 0. The molecule has 2 aromatic rings. The van der Waals surface area contributed by atoms with Crippen molar-refractivity contribution in [3.05, 3.63) is 72.3 Å². The Morgan fingerprint density at radius 3 is 2.59 bits per heavy atom. The lowest BCUT2D eigenvalue weighted by atomic mass is 9.76. The first-order chi connectivity index (χ1) is 10.8. The molecule has 3 nitrogen and oxygen atoms in total. The maximum Gasteiger partial charge on any atom is 0.126 e. The lowest BCUT2D eigenvalue weighted by Crippen LogP contribution is -2.32. The molecular weight excluding hydrogens is 274 g/mol. The third kappa shape index (κ3) is 2.39. The zero-order chi connectivity index (χ0) is 15.5. The largest absolute Gasteiger partial charge is 0.497 e. The molecule has 0 radical (unpaired) electrons. The minimum atomic E-state index is -0.180. The highest BCUT2D eigenvalue weighted by molar-refractivity contribution is 5.69. The molecule has 0 amide bonds. The summed E-state index contributed by atoms with van der Waals surface area (Å²) < 4.78 is 5.31. The number of hydrogen-bond acceptors (Lipinski definition) is 3. The summed E-state index contributed by atoms with van der Waals surface area (Å²) in [4.78, 5) is 11.7. The van der Waals surface area contributed by atoms with Crippen LogP contribution in [0.3, 0.4) is 0 Å². The third-order valence-corrected chi connectivity index (χ3v) is 4.30. The number of benzene rings is 2. The van der Waals surface area contributed by atoms with Crippen molar-refractivity contribution in [1.82, 2.24) is 0 Å². The van der Waals surface area contributed by atoms with Crippen LogP contribution in [0.5, 0.6) is 5.75 Å². The van der Waals surface area contributed by atoms with Crippen LogP contribution in [0.25, 0.3) is 0 Å². The maximum absolute atomic E-state index is 11.7. The van der Waals surface area contributed by atoms with E-state index >= 15 is 0 Å². The van der Waals surface area contributed by atoms with E-state index in [1.807, 2.05) is 54.6 Å². The molecule has 0 bridgehead atoms. The van der Waals surface area contributed by atoms with Gasteiger partial charge in [-0.3, -0.25) is 0 Å². The minimum Gasteiger partial charge on any atom is -0.497 e. The highest BCUT2D eigenvalue weighted by Gasteiger charge is 2.35. The number of rotatable bonds is 4. The second-order valence-electron chi connectivity index (χ2n) is 5.46. The Balaban J connectivity index is 2.09. The Morgan fingerprint density at radius 1 is 1.18 bits per heavy atom. The fourth-order valence-electron chi connectivity index (χ4n) is 3.17. The molecule has 2 aromatic carbocycles. The smallest absolute Gasteiger partial charge is 0.126 e. The molecule has 3 rings (SSSR count). The molecule has 1 heterocycles. The first-order valence-electron chi connectivity index (χ1n) is 7.35. The SMILES string of the molecule is C=C[C@@H]1c2ccc(OC)cc2N[C@H](c2ccccc2)[C@H]1C=O. The van der Waals surface area contributed by atoms with Gasteiger partial charge in [-0.2, -0.15) is 0 Å². The summed E-state index contributed by atoms with van der Waals surface area (Å²) in [5, 5.41) is 3.49. The second-order valence-corrected chi connectivity index (χ2v) is 5.46. The van der Waals surface area contributed by atoms with E-state index in [2.05, 4.69) is 11.9 Å². The zero-order valence-corrected chi connectivity index (χ0v) is 12.5. The molecule has 0 unspecified atom stereocenters. The van der Waals surface area contributed by atoms with Gasteiger partial charge in [0.1, 0.15) is 12.0 Å². The van der Waals surface area contributed by atoms with Crippen LogP contribution in [-0.4, -0.2) is 13.4 Å². The summed E-state index contributed by atoms with van der Waals surface area (Å²) in [5.41, 5.74) is 3.18. The van der Waals surface area contributed by atoms with Gasteiger partial charge >= 0.3 is 0 Å². The molecule has 0 spiro atoms. The summed E-state index contributed by atoms with van der Waals surface area (Å²) in [6.07, 6.45) is 2.89. The number of allylic oxidation sites excluding steroid dienone is 1. The van der Waals surface area contributed by atoms with Crippen LogP contribution in [-0.2, 0) is 4.79 Å². The van der Waals surface area contributed by atoms with Crippen molar-refractivity contribution in [2.24, 2.45) is 5.92 Å². The molecule has 3 heteroatoms. The van der Waals surface area contributed by atoms with E-state index in [4.69, 9.17) is 4.74 Å². The Hall–Kier alpha value is -2.55. The number of nitrogens with one attached hydrogen (secondary N) is 1. The van der Waals surface area contributed by atoms with Crippen LogP contribution in [0.4, 0.5) is 5.69 Å². The Bertz CT molecular complexity index is 681. The van der Waals surface area contributed by atoms with Crippen molar-refractivity contribution in [3.63, 3.8) is 0 Å². The summed E-state index contributed by atoms with van der Waals surface area (Å²) in [6.45, 7) is 3.93. The number of fused-ring (bicyclic) bond motifs is 1. The van der Waals surface area contributed by atoms with Gasteiger partial charge in [0, 0.05) is 23.6 Å². The number of anilines is 1. The van der Waals surface area contributed by atoms with Crippen molar-refractivity contribution in [3.8, 4) is 5.75 Å². The fraction of sp³-hybridized carbons (Fsp3) is 0.211. The average Bonchev–Trinajstić information content (AvgIpc) is 2.60. The van der Waals surface area contributed by atoms with Crippen LogP contribution < -0.4 is 10.1 Å². The van der Waals surface area contributed by atoms with E-state index in [1.165, 1.54) is 0 Å². The van der Waals surface area contributed by atoms with Gasteiger partial charge in [-0.1, -0.05) is 42.5 Å². The van der Waals surface area contributed by atoms with Crippen molar-refractivity contribution in [2.45, 2.75) is 12.0 Å². The highest BCUT2D eigenvalue weighted by Crippen LogP contribution is 2.45. The van der Waals surface area contributed by atoms with Gasteiger partial charge in [0.05, 0.1) is 13.2 Å². The molecular formula is C19H19NO2. The van der Waals surface area contributed by atoms with Gasteiger partial charge in [0.25, 0.3) is 0 Å². The molecule has 0 aliphatic carbocycles. The fourth-order valence-corrected chi connectivity index (χ4v) is 3.17. The summed E-state index contributed by atoms with van der Waals surface area (Å²) in [5.74, 6) is 0.607. The molecule has 1 aliphatic rings. The lowest BCUT2D eigenvalue weighted by molar-refractivity contribution is -0.111. The Labute approximate surface area is 130 Å². The van der Waals surface area contributed by atoms with E-state index in [0.29, 0.717) is 0 Å². The monoisotopic (exact) mass is 293 g/mol. The van der Waals surface area contributed by atoms with Crippen LogP contribution in [0.15, 0.2) is 61.2 Å². The molecule has 1 N–H and O–H groups in total. The third-order valence-electron chi connectivity index (χ3n) is 4.30.